The van der Waals surface area contributed by atoms with Crippen LogP contribution in [0.2, 0.25) is 0 Å². The van der Waals surface area contributed by atoms with Gasteiger partial charge in [-0.1, -0.05) is 30.3 Å². The van der Waals surface area contributed by atoms with Crippen molar-refractivity contribution in [3.8, 4) is 0 Å². The van der Waals surface area contributed by atoms with Crippen molar-refractivity contribution >= 4 is 19.0 Å². The molecular formula is C9H13ClNO2P. The summed E-state index contributed by atoms with van der Waals surface area (Å²) >= 11 is 5.51. The van der Waals surface area contributed by atoms with E-state index in [0.717, 1.165) is 5.56 Å². The molecule has 1 rings (SSSR count). The van der Waals surface area contributed by atoms with Crippen LogP contribution < -0.4 is 5.73 Å². The van der Waals surface area contributed by atoms with E-state index in [1.807, 2.05) is 30.3 Å². The van der Waals surface area contributed by atoms with Gasteiger partial charge in [0.25, 0.3) is 0 Å². The minimum Gasteiger partial charge on any atom is -0.322 e. The van der Waals surface area contributed by atoms with Gasteiger partial charge >= 0.3 is 0 Å². The summed E-state index contributed by atoms with van der Waals surface area (Å²) in [7, 11) is -2.80. The molecule has 0 aliphatic rings. The molecule has 1 unspecified atom stereocenters. The molecule has 0 fully saturated rings. The van der Waals surface area contributed by atoms with E-state index in [9.17, 15) is 4.57 Å². The summed E-state index contributed by atoms with van der Waals surface area (Å²) in [6.45, 7) is 0.294. The van der Waals surface area contributed by atoms with Crippen LogP contribution in [-0.4, -0.2) is 11.9 Å². The highest BCUT2D eigenvalue weighted by Gasteiger charge is 2.19. The van der Waals surface area contributed by atoms with Gasteiger partial charge in [-0.2, -0.15) is 0 Å². The standard InChI is InChI=1S/C9H13ClNO2P/c10-7-14(12,8-11)13-6-9-4-2-1-3-5-9/h1-5H,6-8,11H2. The first-order valence-electron chi connectivity index (χ1n) is 4.23. The average molecular weight is 234 g/mol. The van der Waals surface area contributed by atoms with Crippen LogP contribution in [0.4, 0.5) is 0 Å². The molecule has 0 spiro atoms. The highest BCUT2D eigenvalue weighted by Crippen LogP contribution is 2.46. The molecule has 78 valence electrons. The second-order valence-electron chi connectivity index (χ2n) is 2.88. The molecule has 1 atom stereocenters. The lowest BCUT2D eigenvalue weighted by Gasteiger charge is -2.13. The van der Waals surface area contributed by atoms with Crippen molar-refractivity contribution in [1.29, 1.82) is 0 Å². The van der Waals surface area contributed by atoms with E-state index in [4.69, 9.17) is 21.9 Å². The lowest BCUT2D eigenvalue weighted by atomic mass is 10.2. The zero-order valence-electron chi connectivity index (χ0n) is 7.73. The van der Waals surface area contributed by atoms with E-state index in [2.05, 4.69) is 0 Å². The minimum atomic E-state index is -2.80. The van der Waals surface area contributed by atoms with Gasteiger partial charge in [0.1, 0.15) is 5.62 Å². The zero-order valence-corrected chi connectivity index (χ0v) is 9.38. The zero-order chi connectivity index (χ0) is 10.4. The van der Waals surface area contributed by atoms with Crippen LogP contribution in [0.3, 0.4) is 0 Å². The fourth-order valence-electron chi connectivity index (χ4n) is 0.902. The third kappa shape index (κ3) is 3.43. The first-order valence-corrected chi connectivity index (χ1v) is 6.76. The topological polar surface area (TPSA) is 52.3 Å². The van der Waals surface area contributed by atoms with E-state index in [0.29, 0.717) is 6.61 Å². The molecule has 0 aliphatic carbocycles. The molecule has 3 nitrogen and oxygen atoms in total. The van der Waals surface area contributed by atoms with Gasteiger partial charge in [-0.15, -0.1) is 11.6 Å². The average Bonchev–Trinajstić information content (AvgIpc) is 2.27. The number of hydrogen-bond donors (Lipinski definition) is 1. The van der Waals surface area contributed by atoms with Gasteiger partial charge in [0, 0.05) is 0 Å². The van der Waals surface area contributed by atoms with Gasteiger partial charge < -0.3 is 10.3 Å². The Balaban J connectivity index is 2.52. The van der Waals surface area contributed by atoms with Crippen molar-refractivity contribution in [3.05, 3.63) is 35.9 Å². The number of alkyl halides is 1. The summed E-state index contributed by atoms with van der Waals surface area (Å²) in [4.78, 5) is 0. The molecular weight excluding hydrogens is 221 g/mol. The maximum absolute atomic E-state index is 11.6. The highest BCUT2D eigenvalue weighted by molar-refractivity contribution is 7.60. The molecule has 0 heterocycles. The van der Waals surface area contributed by atoms with Crippen molar-refractivity contribution in [1.82, 2.24) is 0 Å². The van der Waals surface area contributed by atoms with Gasteiger partial charge in [0.2, 0.25) is 7.37 Å². The van der Waals surface area contributed by atoms with Crippen LogP contribution in [-0.2, 0) is 15.7 Å². The summed E-state index contributed by atoms with van der Waals surface area (Å²) < 4.78 is 16.9. The Morgan fingerprint density at radius 2 is 2.00 bits per heavy atom. The third-order valence-corrected chi connectivity index (χ3v) is 4.38. The van der Waals surface area contributed by atoms with Crippen LogP contribution in [0.15, 0.2) is 30.3 Å². The fraction of sp³-hybridized carbons (Fsp3) is 0.333. The van der Waals surface area contributed by atoms with E-state index < -0.39 is 7.37 Å². The quantitative estimate of drug-likeness (QED) is 0.628. The molecule has 0 saturated carbocycles. The second kappa shape index (κ2) is 5.52. The van der Waals surface area contributed by atoms with Gasteiger partial charge in [-0.05, 0) is 5.56 Å². The maximum atomic E-state index is 11.6. The molecule has 0 bridgehead atoms. The summed E-state index contributed by atoms with van der Waals surface area (Å²) in [6, 6.07) is 9.50. The molecule has 0 radical (unpaired) electrons. The van der Waals surface area contributed by atoms with Crippen LogP contribution in [0.1, 0.15) is 5.56 Å². The van der Waals surface area contributed by atoms with E-state index in [1.165, 1.54) is 0 Å². The Morgan fingerprint density at radius 1 is 1.36 bits per heavy atom. The summed E-state index contributed by atoms with van der Waals surface area (Å²) in [5.74, 6) is 0. The van der Waals surface area contributed by atoms with Gasteiger partial charge in [-0.3, -0.25) is 4.57 Å². The molecule has 5 heteroatoms. The molecule has 0 saturated heterocycles. The van der Waals surface area contributed by atoms with Gasteiger partial charge in [0.05, 0.1) is 12.9 Å². The van der Waals surface area contributed by atoms with Crippen molar-refractivity contribution in [3.63, 3.8) is 0 Å². The SMILES string of the molecule is NCP(=O)(CCl)OCc1ccccc1. The normalized spacial score (nSPS) is 15.0. The Bertz CT molecular complexity index is 310. The van der Waals surface area contributed by atoms with Crippen LogP contribution in [0.5, 0.6) is 0 Å². The largest absolute Gasteiger partial charge is 0.322 e. The van der Waals surface area contributed by atoms with Crippen LogP contribution in [0, 0.1) is 0 Å². The Morgan fingerprint density at radius 3 is 2.50 bits per heavy atom. The summed E-state index contributed by atoms with van der Waals surface area (Å²) in [5, 5.41) is 0. The highest BCUT2D eigenvalue weighted by atomic mass is 35.5. The van der Waals surface area contributed by atoms with Crippen LogP contribution in [0.25, 0.3) is 0 Å². The Kier molecular flexibility index (Phi) is 4.63. The molecule has 14 heavy (non-hydrogen) atoms. The van der Waals surface area contributed by atoms with E-state index >= 15 is 0 Å². The number of hydrogen-bond acceptors (Lipinski definition) is 3. The third-order valence-electron chi connectivity index (χ3n) is 1.77. The first kappa shape index (κ1) is 11.7. The lowest BCUT2D eigenvalue weighted by molar-refractivity contribution is 0.305. The first-order chi connectivity index (χ1) is 6.70. The predicted octanol–water partition coefficient (Wildman–Crippen LogP) is 2.59. The number of halogens is 1. The smallest absolute Gasteiger partial charge is 0.230 e. The molecule has 1 aromatic carbocycles. The summed E-state index contributed by atoms with van der Waals surface area (Å²) in [5.41, 5.74) is 6.24. The molecule has 0 aromatic heterocycles. The maximum Gasteiger partial charge on any atom is 0.230 e. The Hall–Kier alpha value is -0.340. The van der Waals surface area contributed by atoms with Gasteiger partial charge in [0.15, 0.2) is 0 Å². The van der Waals surface area contributed by atoms with Gasteiger partial charge in [-0.25, -0.2) is 0 Å². The minimum absolute atomic E-state index is 0.0106. The number of rotatable bonds is 5. The molecule has 0 aliphatic heterocycles. The Labute approximate surface area is 88.7 Å². The predicted molar refractivity (Wildman–Crippen MR) is 58.6 cm³/mol. The fourth-order valence-corrected chi connectivity index (χ4v) is 2.06. The number of benzene rings is 1. The van der Waals surface area contributed by atoms with Crippen molar-refractivity contribution in [2.24, 2.45) is 5.73 Å². The van der Waals surface area contributed by atoms with Crippen molar-refractivity contribution in [2.45, 2.75) is 6.61 Å². The monoisotopic (exact) mass is 233 g/mol. The summed E-state index contributed by atoms with van der Waals surface area (Å²) in [6.07, 6.45) is -0.0106. The van der Waals surface area contributed by atoms with E-state index in [1.54, 1.807) is 0 Å². The molecule has 2 N–H and O–H groups in total. The second-order valence-corrected chi connectivity index (χ2v) is 6.08. The van der Waals surface area contributed by atoms with Crippen LogP contribution >= 0.6 is 19.0 Å². The molecule has 1 aromatic rings. The van der Waals surface area contributed by atoms with E-state index in [-0.39, 0.29) is 11.9 Å². The molecule has 0 amide bonds. The van der Waals surface area contributed by atoms with Crippen molar-refractivity contribution in [2.75, 3.05) is 11.9 Å². The lowest BCUT2D eigenvalue weighted by Crippen LogP contribution is -2.05. The number of nitrogens with two attached hydrogens (primary N) is 1. The van der Waals surface area contributed by atoms with Crippen molar-refractivity contribution < 1.29 is 9.09 Å².